The lowest BCUT2D eigenvalue weighted by molar-refractivity contribution is 0.173. The molecular weight excluding hydrogens is 186 g/mol. The maximum absolute atomic E-state index is 3.40. The van der Waals surface area contributed by atoms with E-state index in [1.807, 2.05) is 0 Å². The van der Waals surface area contributed by atoms with Gasteiger partial charge in [0, 0.05) is 45.3 Å². The van der Waals surface area contributed by atoms with Gasteiger partial charge in [-0.1, -0.05) is 0 Å². The Morgan fingerprint density at radius 2 is 2.00 bits per heavy atom. The summed E-state index contributed by atoms with van der Waals surface area (Å²) in [6.07, 6.45) is 2.91. The third-order valence-electron chi connectivity index (χ3n) is 3.98. The van der Waals surface area contributed by atoms with Crippen molar-refractivity contribution in [2.45, 2.75) is 25.8 Å². The van der Waals surface area contributed by atoms with Gasteiger partial charge in [-0.15, -0.1) is 0 Å². The van der Waals surface area contributed by atoms with Gasteiger partial charge in [-0.3, -0.25) is 4.90 Å². The predicted octanol–water partition coefficient (Wildman–Crippen LogP) is 0.622. The Bertz CT molecular complexity index is 185. The van der Waals surface area contributed by atoms with E-state index in [4.69, 9.17) is 0 Å². The lowest BCUT2D eigenvalue weighted by Crippen LogP contribution is -2.46. The van der Waals surface area contributed by atoms with E-state index in [9.17, 15) is 0 Å². The Balaban J connectivity index is 1.62. The molecule has 0 bridgehead atoms. The van der Waals surface area contributed by atoms with Crippen LogP contribution in [0.25, 0.3) is 0 Å². The van der Waals surface area contributed by atoms with Crippen LogP contribution in [0.2, 0.25) is 0 Å². The zero-order chi connectivity index (χ0) is 10.7. The van der Waals surface area contributed by atoms with Crippen LogP contribution in [-0.4, -0.2) is 62.2 Å². The van der Waals surface area contributed by atoms with E-state index in [-0.39, 0.29) is 0 Å². The highest BCUT2D eigenvalue weighted by Gasteiger charge is 2.30. The average molecular weight is 211 g/mol. The van der Waals surface area contributed by atoms with E-state index in [0.29, 0.717) is 0 Å². The molecule has 1 aliphatic heterocycles. The number of rotatable bonds is 5. The maximum Gasteiger partial charge on any atom is 0.0110 e. The SMILES string of the molecule is CC(C1CC1)N(C)CCN1CCNCC1. The molecule has 0 radical (unpaired) electrons. The van der Waals surface area contributed by atoms with Gasteiger partial charge in [0.05, 0.1) is 0 Å². The minimum atomic E-state index is 0.799. The molecule has 1 heterocycles. The highest BCUT2D eigenvalue weighted by Crippen LogP contribution is 2.34. The van der Waals surface area contributed by atoms with Crippen LogP contribution in [0.1, 0.15) is 19.8 Å². The summed E-state index contributed by atoms with van der Waals surface area (Å²) in [4.78, 5) is 5.12. The van der Waals surface area contributed by atoms with Gasteiger partial charge < -0.3 is 10.2 Å². The Kier molecular flexibility index (Phi) is 4.00. The predicted molar refractivity (Wildman–Crippen MR) is 64.1 cm³/mol. The van der Waals surface area contributed by atoms with Gasteiger partial charge in [0.1, 0.15) is 0 Å². The first-order chi connectivity index (χ1) is 7.27. The molecule has 1 saturated carbocycles. The minimum absolute atomic E-state index is 0.799. The van der Waals surface area contributed by atoms with Crippen molar-refractivity contribution in [3.8, 4) is 0 Å². The largest absolute Gasteiger partial charge is 0.314 e. The van der Waals surface area contributed by atoms with E-state index in [2.05, 4.69) is 29.1 Å². The van der Waals surface area contributed by atoms with E-state index in [1.165, 1.54) is 52.1 Å². The van der Waals surface area contributed by atoms with Crippen molar-refractivity contribution in [1.29, 1.82) is 0 Å². The number of piperazine rings is 1. The fraction of sp³-hybridized carbons (Fsp3) is 1.00. The monoisotopic (exact) mass is 211 g/mol. The summed E-state index contributed by atoms with van der Waals surface area (Å²) in [7, 11) is 2.28. The first kappa shape index (κ1) is 11.4. The second kappa shape index (κ2) is 5.28. The molecule has 0 aromatic heterocycles. The molecule has 2 rings (SSSR count). The molecule has 3 heteroatoms. The summed E-state index contributed by atoms with van der Waals surface area (Å²) in [5.41, 5.74) is 0. The molecule has 0 spiro atoms. The minimum Gasteiger partial charge on any atom is -0.314 e. The fourth-order valence-electron chi connectivity index (χ4n) is 2.38. The summed E-state index contributed by atoms with van der Waals surface area (Å²) >= 11 is 0. The molecule has 88 valence electrons. The molecule has 1 N–H and O–H groups in total. The van der Waals surface area contributed by atoms with E-state index >= 15 is 0 Å². The van der Waals surface area contributed by atoms with Crippen molar-refractivity contribution >= 4 is 0 Å². The smallest absolute Gasteiger partial charge is 0.0110 e. The fourth-order valence-corrected chi connectivity index (χ4v) is 2.38. The van der Waals surface area contributed by atoms with Gasteiger partial charge in [0.2, 0.25) is 0 Å². The van der Waals surface area contributed by atoms with Gasteiger partial charge in [0.15, 0.2) is 0 Å². The lowest BCUT2D eigenvalue weighted by atomic mass is 10.2. The van der Waals surface area contributed by atoms with Crippen molar-refractivity contribution in [2.24, 2.45) is 5.92 Å². The van der Waals surface area contributed by atoms with Gasteiger partial charge in [0.25, 0.3) is 0 Å². The van der Waals surface area contributed by atoms with Gasteiger partial charge in [-0.2, -0.15) is 0 Å². The number of likely N-dealkylation sites (N-methyl/N-ethyl adjacent to an activating group) is 1. The molecule has 1 atom stereocenters. The third kappa shape index (κ3) is 3.44. The normalized spacial score (nSPS) is 25.8. The van der Waals surface area contributed by atoms with Gasteiger partial charge in [-0.25, -0.2) is 0 Å². The van der Waals surface area contributed by atoms with Gasteiger partial charge >= 0.3 is 0 Å². The number of nitrogens with zero attached hydrogens (tertiary/aromatic N) is 2. The van der Waals surface area contributed by atoms with Crippen molar-refractivity contribution in [2.75, 3.05) is 46.3 Å². The van der Waals surface area contributed by atoms with Crippen molar-refractivity contribution in [1.82, 2.24) is 15.1 Å². The van der Waals surface area contributed by atoms with E-state index in [1.54, 1.807) is 0 Å². The first-order valence-electron chi connectivity index (χ1n) is 6.40. The van der Waals surface area contributed by atoms with Crippen LogP contribution in [-0.2, 0) is 0 Å². The van der Waals surface area contributed by atoms with Crippen LogP contribution >= 0.6 is 0 Å². The third-order valence-corrected chi connectivity index (χ3v) is 3.98. The zero-order valence-electron chi connectivity index (χ0n) is 10.2. The van der Waals surface area contributed by atoms with Crippen molar-refractivity contribution in [3.05, 3.63) is 0 Å². The molecule has 0 amide bonds. The molecule has 0 aromatic rings. The number of hydrogen-bond acceptors (Lipinski definition) is 3. The summed E-state index contributed by atoms with van der Waals surface area (Å²) in [6, 6.07) is 0.799. The maximum atomic E-state index is 3.40. The zero-order valence-corrected chi connectivity index (χ0v) is 10.2. The summed E-state index contributed by atoms with van der Waals surface area (Å²) in [5.74, 6) is 0.998. The Morgan fingerprint density at radius 1 is 1.33 bits per heavy atom. The topological polar surface area (TPSA) is 18.5 Å². The highest BCUT2D eigenvalue weighted by atomic mass is 15.2. The molecular formula is C12H25N3. The van der Waals surface area contributed by atoms with Crippen LogP contribution < -0.4 is 5.32 Å². The second-order valence-corrected chi connectivity index (χ2v) is 5.15. The Labute approximate surface area is 93.8 Å². The summed E-state index contributed by atoms with van der Waals surface area (Å²) < 4.78 is 0. The van der Waals surface area contributed by atoms with E-state index < -0.39 is 0 Å². The molecule has 1 unspecified atom stereocenters. The molecule has 2 fully saturated rings. The Hall–Kier alpha value is -0.120. The average Bonchev–Trinajstić information content (AvgIpc) is 3.10. The van der Waals surface area contributed by atoms with Gasteiger partial charge in [-0.05, 0) is 32.7 Å². The molecule has 0 aromatic carbocycles. The summed E-state index contributed by atoms with van der Waals surface area (Å²) in [5, 5.41) is 3.40. The van der Waals surface area contributed by atoms with Crippen LogP contribution in [0.4, 0.5) is 0 Å². The van der Waals surface area contributed by atoms with Crippen LogP contribution in [0.3, 0.4) is 0 Å². The molecule has 1 saturated heterocycles. The quantitative estimate of drug-likeness (QED) is 0.719. The standard InChI is InChI=1S/C12H25N3/c1-11(12-3-4-12)14(2)9-10-15-7-5-13-6-8-15/h11-13H,3-10H2,1-2H3. The molecule has 2 aliphatic rings. The first-order valence-corrected chi connectivity index (χ1v) is 6.40. The summed E-state index contributed by atoms with van der Waals surface area (Å²) in [6.45, 7) is 9.66. The molecule has 15 heavy (non-hydrogen) atoms. The lowest BCUT2D eigenvalue weighted by Gasteiger charge is -2.31. The molecule has 1 aliphatic carbocycles. The Morgan fingerprint density at radius 3 is 2.60 bits per heavy atom. The van der Waals surface area contributed by atoms with Crippen LogP contribution in [0.5, 0.6) is 0 Å². The highest BCUT2D eigenvalue weighted by molar-refractivity contribution is 4.84. The number of nitrogens with one attached hydrogen (secondary N) is 1. The van der Waals surface area contributed by atoms with Crippen molar-refractivity contribution < 1.29 is 0 Å². The van der Waals surface area contributed by atoms with Crippen LogP contribution in [0.15, 0.2) is 0 Å². The van der Waals surface area contributed by atoms with Crippen LogP contribution in [0, 0.1) is 5.92 Å². The van der Waals surface area contributed by atoms with Crippen molar-refractivity contribution in [3.63, 3.8) is 0 Å². The van der Waals surface area contributed by atoms with E-state index in [0.717, 1.165) is 12.0 Å². The number of hydrogen-bond donors (Lipinski definition) is 1. The molecule has 3 nitrogen and oxygen atoms in total. The second-order valence-electron chi connectivity index (χ2n) is 5.15.